The molecule has 65 heavy (non-hydrogen) atoms. The summed E-state index contributed by atoms with van der Waals surface area (Å²) in [6.07, 6.45) is 3.57. The summed E-state index contributed by atoms with van der Waals surface area (Å²) in [6.45, 7) is 7.97. The molecule has 4 N–H and O–H groups in total. The third-order valence-electron chi connectivity index (χ3n) is 12.9. The number of alkyl carbamates (subject to hydrolysis) is 2. The number of hydrogen-bond donors (Lipinski definition) is 4. The SMILES string of the molecule is COC[C@H]1C[C@@H](c2ncc(-c3cc4c5c(c3)OCc3cc(-c6cnc([C@@H]7C[C@H](C)CN7C(=O)[C@H](NC(=O)OC)c7ccccc7)[nH]6)cc(c3-5)OC4)[nH]2)N(C(=O)[C@@H](NC(=O)OC)C(C)C)C1. The molecule has 2 saturated heterocycles. The number of nitrogens with one attached hydrogen (secondary N) is 4. The molecule has 17 heteroatoms. The van der Waals surface area contributed by atoms with Gasteiger partial charge >= 0.3 is 12.2 Å². The van der Waals surface area contributed by atoms with Crippen molar-refractivity contribution in [2.24, 2.45) is 17.8 Å². The molecule has 0 bridgehead atoms. The minimum atomic E-state index is -0.922. The van der Waals surface area contributed by atoms with E-state index < -0.39 is 24.3 Å². The van der Waals surface area contributed by atoms with E-state index in [1.54, 1.807) is 29.3 Å². The Bertz CT molecular complexity index is 2560. The predicted octanol–water partition coefficient (Wildman–Crippen LogP) is 6.84. The number of aromatic nitrogens is 4. The summed E-state index contributed by atoms with van der Waals surface area (Å²) in [5.41, 5.74) is 7.88. The van der Waals surface area contributed by atoms with Crippen LogP contribution in [0.5, 0.6) is 11.5 Å². The minimum Gasteiger partial charge on any atom is -0.488 e. The zero-order chi connectivity index (χ0) is 45.5. The van der Waals surface area contributed by atoms with Crippen molar-refractivity contribution in [1.82, 2.24) is 40.4 Å². The first kappa shape index (κ1) is 43.4. The van der Waals surface area contributed by atoms with Crippen LogP contribution in [-0.4, -0.2) is 101 Å². The molecule has 6 atom stereocenters. The van der Waals surface area contributed by atoms with Crippen LogP contribution in [0.15, 0.2) is 67.0 Å². The van der Waals surface area contributed by atoms with Crippen LogP contribution in [0.3, 0.4) is 0 Å². The van der Waals surface area contributed by atoms with Gasteiger partial charge in [-0.1, -0.05) is 51.1 Å². The van der Waals surface area contributed by atoms with Gasteiger partial charge in [-0.3, -0.25) is 9.59 Å². The van der Waals surface area contributed by atoms with Gasteiger partial charge in [-0.05, 0) is 54.5 Å². The number of likely N-dealkylation sites (tertiary alicyclic amines) is 2. The highest BCUT2D eigenvalue weighted by atomic mass is 16.5. The molecule has 17 nitrogen and oxygen atoms in total. The summed E-state index contributed by atoms with van der Waals surface area (Å²) in [5, 5.41) is 5.45. The molecule has 2 fully saturated rings. The van der Waals surface area contributed by atoms with Gasteiger partial charge in [0.25, 0.3) is 5.91 Å². The number of benzene rings is 3. The Morgan fingerprint density at radius 2 is 1.31 bits per heavy atom. The molecule has 0 saturated carbocycles. The number of carbonyl (C=O) groups excluding carboxylic acids is 4. The molecule has 9 rings (SSSR count). The molecule has 0 spiro atoms. The number of imidazole rings is 2. The van der Waals surface area contributed by atoms with Crippen LogP contribution >= 0.6 is 0 Å². The third-order valence-corrected chi connectivity index (χ3v) is 12.9. The molecular formula is C48H54N8O9. The van der Waals surface area contributed by atoms with Gasteiger partial charge < -0.3 is 54.1 Å². The molecule has 4 aliphatic rings. The first-order valence-corrected chi connectivity index (χ1v) is 22.0. The molecular weight excluding hydrogens is 833 g/mol. The zero-order valence-corrected chi connectivity index (χ0v) is 37.3. The Morgan fingerprint density at radius 1 is 0.754 bits per heavy atom. The number of ether oxygens (including phenoxy) is 5. The third kappa shape index (κ3) is 8.36. The van der Waals surface area contributed by atoms with Gasteiger partial charge in [-0.25, -0.2) is 19.6 Å². The van der Waals surface area contributed by atoms with Crippen LogP contribution in [0.1, 0.15) is 80.1 Å². The topological polar surface area (TPSA) is 202 Å². The summed E-state index contributed by atoms with van der Waals surface area (Å²) >= 11 is 0. The standard InChI is InChI=1S/C48H54N8O9/c1-25(2)41(53-47(59)62-5)45(57)56-21-27(22-61-4)13-36(56)44-50-19-34(52-44)30-15-32-24-64-37-16-29(14-31-23-65-38(17-30)40(32)39(31)37)33-18-49-43(51-33)35-12-26(3)20-55(35)46(58)42(54-48(60)63-6)28-10-8-7-9-11-28/h7-11,14-19,25-27,35-36,41-42H,12-13,20-24H2,1-6H3,(H,49,51)(H,50,52)(H,53,59)(H,54,60)/t26-,27-,35-,36-,41-,42+/m0/s1. The van der Waals surface area contributed by atoms with Gasteiger partial charge in [0, 0.05) is 59.5 Å². The number of aromatic amines is 2. The molecule has 4 amide bonds. The first-order chi connectivity index (χ1) is 31.4. The lowest BCUT2D eigenvalue weighted by atomic mass is 9.87. The molecule has 3 aromatic carbocycles. The maximum absolute atomic E-state index is 14.2. The van der Waals surface area contributed by atoms with E-state index in [0.717, 1.165) is 56.3 Å². The summed E-state index contributed by atoms with van der Waals surface area (Å²) in [6, 6.07) is 15.0. The molecule has 6 heterocycles. The second-order valence-corrected chi connectivity index (χ2v) is 17.7. The van der Waals surface area contributed by atoms with Crippen molar-refractivity contribution >= 4 is 24.0 Å². The summed E-state index contributed by atoms with van der Waals surface area (Å²) in [7, 11) is 4.21. The van der Waals surface area contributed by atoms with Gasteiger partial charge in [0.15, 0.2) is 0 Å². The Hall–Kier alpha value is -6.88. The lowest BCUT2D eigenvalue weighted by Crippen LogP contribution is -2.51. The van der Waals surface area contributed by atoms with Crippen molar-refractivity contribution in [2.45, 2.75) is 71.0 Å². The van der Waals surface area contributed by atoms with Crippen molar-refractivity contribution in [3.8, 4) is 45.1 Å². The highest BCUT2D eigenvalue weighted by molar-refractivity contribution is 5.90. The van der Waals surface area contributed by atoms with Gasteiger partial charge in [0.2, 0.25) is 5.91 Å². The molecule has 0 radical (unpaired) electrons. The summed E-state index contributed by atoms with van der Waals surface area (Å²) in [5.74, 6) is 2.47. The lowest BCUT2D eigenvalue weighted by molar-refractivity contribution is -0.136. The number of methoxy groups -OCH3 is 3. The van der Waals surface area contributed by atoms with Crippen molar-refractivity contribution < 1.29 is 42.9 Å². The fourth-order valence-corrected chi connectivity index (χ4v) is 9.78. The van der Waals surface area contributed by atoms with E-state index in [4.69, 9.17) is 33.7 Å². The fourth-order valence-electron chi connectivity index (χ4n) is 9.78. The maximum atomic E-state index is 14.2. The molecule has 0 aliphatic carbocycles. The van der Waals surface area contributed by atoms with Crippen LogP contribution in [-0.2, 0) is 37.0 Å². The van der Waals surface area contributed by atoms with Crippen molar-refractivity contribution in [3.05, 3.63) is 95.3 Å². The van der Waals surface area contributed by atoms with Gasteiger partial charge in [-0.2, -0.15) is 0 Å². The van der Waals surface area contributed by atoms with Crippen LogP contribution in [0, 0.1) is 17.8 Å². The Morgan fingerprint density at radius 3 is 1.86 bits per heavy atom. The monoisotopic (exact) mass is 886 g/mol. The van der Waals surface area contributed by atoms with E-state index in [9.17, 15) is 19.2 Å². The van der Waals surface area contributed by atoms with Crippen LogP contribution < -0.4 is 20.1 Å². The number of rotatable bonds is 12. The normalized spacial score (nSPS) is 20.4. The second kappa shape index (κ2) is 17.9. The van der Waals surface area contributed by atoms with E-state index in [1.165, 1.54) is 14.2 Å². The predicted molar refractivity (Wildman–Crippen MR) is 237 cm³/mol. The number of nitrogens with zero attached hydrogens (tertiary/aromatic N) is 4. The molecule has 4 aliphatic heterocycles. The van der Waals surface area contributed by atoms with E-state index >= 15 is 0 Å². The lowest BCUT2D eigenvalue weighted by Gasteiger charge is -2.30. The smallest absolute Gasteiger partial charge is 0.407 e. The number of amides is 4. The summed E-state index contributed by atoms with van der Waals surface area (Å²) < 4.78 is 28.2. The van der Waals surface area contributed by atoms with Gasteiger partial charge in [0.1, 0.15) is 48.4 Å². The van der Waals surface area contributed by atoms with Crippen molar-refractivity contribution in [1.29, 1.82) is 0 Å². The summed E-state index contributed by atoms with van der Waals surface area (Å²) in [4.78, 5) is 73.0. The first-order valence-electron chi connectivity index (χ1n) is 22.0. The number of hydrogen-bond acceptors (Lipinski definition) is 11. The Labute approximate surface area is 376 Å². The fraction of sp³-hybridized carbons (Fsp3) is 0.417. The average Bonchev–Trinajstić information content (AvgIpc) is 4.15. The maximum Gasteiger partial charge on any atom is 0.407 e. The average molecular weight is 887 g/mol. The Balaban J connectivity index is 0.958. The Kier molecular flexibility index (Phi) is 12.0. The van der Waals surface area contributed by atoms with E-state index in [2.05, 4.69) is 39.7 Å². The molecule has 2 aromatic heterocycles. The highest BCUT2D eigenvalue weighted by Gasteiger charge is 2.43. The highest BCUT2D eigenvalue weighted by Crippen LogP contribution is 2.51. The molecule has 5 aromatic rings. The number of carbonyl (C=O) groups is 4. The molecule has 340 valence electrons. The van der Waals surface area contributed by atoms with E-state index in [-0.39, 0.29) is 41.7 Å². The second-order valence-electron chi connectivity index (χ2n) is 17.7. The quantitative estimate of drug-likeness (QED) is 0.102. The zero-order valence-electron chi connectivity index (χ0n) is 37.3. The minimum absolute atomic E-state index is 0.0888. The van der Waals surface area contributed by atoms with Crippen LogP contribution in [0.2, 0.25) is 0 Å². The van der Waals surface area contributed by atoms with E-state index in [1.807, 2.05) is 56.3 Å². The van der Waals surface area contributed by atoms with Crippen molar-refractivity contribution in [3.63, 3.8) is 0 Å². The van der Waals surface area contributed by atoms with Gasteiger partial charge in [-0.15, -0.1) is 0 Å². The van der Waals surface area contributed by atoms with Gasteiger partial charge in [0.05, 0.1) is 56.7 Å². The molecule has 0 unspecified atom stereocenters. The van der Waals surface area contributed by atoms with Crippen molar-refractivity contribution in [2.75, 3.05) is 41.0 Å². The van der Waals surface area contributed by atoms with Crippen LogP contribution in [0.4, 0.5) is 9.59 Å². The van der Waals surface area contributed by atoms with E-state index in [0.29, 0.717) is 63.0 Å². The van der Waals surface area contributed by atoms with Crippen LogP contribution in [0.25, 0.3) is 33.6 Å². The number of H-pyrrole nitrogens is 2. The largest absolute Gasteiger partial charge is 0.488 e.